The first-order valence-corrected chi connectivity index (χ1v) is 7.49. The van der Waals surface area contributed by atoms with Gasteiger partial charge in [-0.1, -0.05) is 33.6 Å². The van der Waals surface area contributed by atoms with Crippen LogP contribution in [0.5, 0.6) is 0 Å². The number of carbonyl (C=O) groups excluding carboxylic acids is 2. The average Bonchev–Trinajstić information content (AvgIpc) is 2.35. The van der Waals surface area contributed by atoms with Crippen LogP contribution >= 0.6 is 0 Å². The van der Waals surface area contributed by atoms with Crippen LogP contribution in [-0.4, -0.2) is 36.1 Å². The second kappa shape index (κ2) is 7.62. The molecule has 0 saturated heterocycles. The summed E-state index contributed by atoms with van der Waals surface area (Å²) in [6, 6.07) is 0.0424. The standard InChI is InChI=1S/C15H28N2O3/c1-15(2,3)8-13(19)16-9-14(20)17-12-7-5-4-6-11(12)10-18/h11-12,18H,4-10H2,1-3H3,(H,16,19)(H,17,20). The van der Waals surface area contributed by atoms with Gasteiger partial charge in [0.2, 0.25) is 11.8 Å². The van der Waals surface area contributed by atoms with Crippen LogP contribution in [0.1, 0.15) is 52.9 Å². The van der Waals surface area contributed by atoms with E-state index in [1.807, 2.05) is 20.8 Å². The van der Waals surface area contributed by atoms with Gasteiger partial charge >= 0.3 is 0 Å². The van der Waals surface area contributed by atoms with Crippen molar-refractivity contribution >= 4 is 11.8 Å². The van der Waals surface area contributed by atoms with E-state index in [4.69, 9.17) is 0 Å². The maximum Gasteiger partial charge on any atom is 0.239 e. The minimum Gasteiger partial charge on any atom is -0.396 e. The van der Waals surface area contributed by atoms with Crippen LogP contribution in [0.15, 0.2) is 0 Å². The zero-order chi connectivity index (χ0) is 15.2. The molecule has 0 aliphatic heterocycles. The monoisotopic (exact) mass is 284 g/mol. The highest BCUT2D eigenvalue weighted by Gasteiger charge is 2.25. The van der Waals surface area contributed by atoms with E-state index in [9.17, 15) is 14.7 Å². The number of aliphatic hydroxyl groups excluding tert-OH is 1. The van der Waals surface area contributed by atoms with Crippen LogP contribution in [-0.2, 0) is 9.59 Å². The van der Waals surface area contributed by atoms with E-state index in [1.54, 1.807) is 0 Å². The molecule has 5 heteroatoms. The third kappa shape index (κ3) is 6.37. The van der Waals surface area contributed by atoms with Gasteiger partial charge < -0.3 is 15.7 Å². The number of hydrogen-bond donors (Lipinski definition) is 3. The lowest BCUT2D eigenvalue weighted by Gasteiger charge is -2.30. The minimum atomic E-state index is -0.169. The van der Waals surface area contributed by atoms with Crippen LogP contribution in [0.2, 0.25) is 0 Å². The Kier molecular flexibility index (Phi) is 6.46. The van der Waals surface area contributed by atoms with Crippen molar-refractivity contribution < 1.29 is 14.7 Å². The first-order chi connectivity index (χ1) is 9.31. The molecule has 0 aromatic rings. The van der Waals surface area contributed by atoms with E-state index in [-0.39, 0.29) is 42.3 Å². The molecule has 5 nitrogen and oxygen atoms in total. The van der Waals surface area contributed by atoms with Gasteiger partial charge in [-0.2, -0.15) is 0 Å². The van der Waals surface area contributed by atoms with Gasteiger partial charge in [0.25, 0.3) is 0 Å². The number of carbonyl (C=O) groups is 2. The molecule has 3 N–H and O–H groups in total. The molecule has 0 aromatic carbocycles. The predicted octanol–water partition coefficient (Wildman–Crippen LogP) is 1.21. The van der Waals surface area contributed by atoms with E-state index in [0.29, 0.717) is 6.42 Å². The summed E-state index contributed by atoms with van der Waals surface area (Å²) in [6.07, 6.45) is 4.46. The first kappa shape index (κ1) is 17.0. The Bertz CT molecular complexity index is 337. The molecule has 1 rings (SSSR count). The van der Waals surface area contributed by atoms with Crippen LogP contribution < -0.4 is 10.6 Å². The van der Waals surface area contributed by atoms with Crippen molar-refractivity contribution in [3.05, 3.63) is 0 Å². The van der Waals surface area contributed by atoms with Gasteiger partial charge in [0.05, 0.1) is 6.54 Å². The highest BCUT2D eigenvalue weighted by molar-refractivity contribution is 5.85. The smallest absolute Gasteiger partial charge is 0.239 e. The number of rotatable bonds is 5. The molecule has 1 fully saturated rings. The largest absolute Gasteiger partial charge is 0.396 e. The van der Waals surface area contributed by atoms with Crippen LogP contribution in [0.3, 0.4) is 0 Å². The molecular weight excluding hydrogens is 256 g/mol. The van der Waals surface area contributed by atoms with E-state index < -0.39 is 0 Å². The second-order valence-electron chi connectivity index (χ2n) is 6.92. The summed E-state index contributed by atoms with van der Waals surface area (Å²) in [7, 11) is 0. The molecule has 2 atom stereocenters. The van der Waals surface area contributed by atoms with Crippen molar-refractivity contribution in [2.75, 3.05) is 13.2 Å². The summed E-state index contributed by atoms with van der Waals surface area (Å²) in [5.41, 5.74) is -0.0775. The third-order valence-corrected chi connectivity index (χ3v) is 3.63. The van der Waals surface area contributed by atoms with Crippen molar-refractivity contribution in [3.63, 3.8) is 0 Å². The fraction of sp³-hybridized carbons (Fsp3) is 0.867. The van der Waals surface area contributed by atoms with E-state index in [0.717, 1.165) is 25.7 Å². The lowest BCUT2D eigenvalue weighted by Crippen LogP contribution is -2.47. The number of aliphatic hydroxyl groups is 1. The Balaban J connectivity index is 2.30. The summed E-state index contributed by atoms with van der Waals surface area (Å²) >= 11 is 0. The van der Waals surface area contributed by atoms with Gasteiger partial charge in [0.1, 0.15) is 0 Å². The fourth-order valence-corrected chi connectivity index (χ4v) is 2.60. The van der Waals surface area contributed by atoms with E-state index in [2.05, 4.69) is 10.6 Å². The molecule has 1 aliphatic carbocycles. The van der Waals surface area contributed by atoms with Gasteiger partial charge in [0.15, 0.2) is 0 Å². The normalized spacial score (nSPS) is 23.2. The highest BCUT2D eigenvalue weighted by atomic mass is 16.3. The van der Waals surface area contributed by atoms with Crippen LogP contribution in [0.25, 0.3) is 0 Å². The maximum atomic E-state index is 11.8. The zero-order valence-corrected chi connectivity index (χ0v) is 12.9. The van der Waals surface area contributed by atoms with Gasteiger partial charge in [-0.15, -0.1) is 0 Å². The van der Waals surface area contributed by atoms with Gasteiger partial charge in [-0.25, -0.2) is 0 Å². The summed E-state index contributed by atoms with van der Waals surface area (Å²) in [6.45, 7) is 6.09. The molecule has 116 valence electrons. The molecule has 1 aliphatic rings. The minimum absolute atomic E-state index is 0.0174. The van der Waals surface area contributed by atoms with Gasteiger partial charge in [0, 0.05) is 25.0 Å². The van der Waals surface area contributed by atoms with Gasteiger partial charge in [-0.05, 0) is 18.3 Å². The molecule has 2 amide bonds. The summed E-state index contributed by atoms with van der Waals surface area (Å²) < 4.78 is 0. The lowest BCUT2D eigenvalue weighted by molar-refractivity contribution is -0.127. The van der Waals surface area contributed by atoms with Crippen LogP contribution in [0.4, 0.5) is 0 Å². The first-order valence-electron chi connectivity index (χ1n) is 7.49. The molecule has 0 heterocycles. The number of nitrogens with one attached hydrogen (secondary N) is 2. The fourth-order valence-electron chi connectivity index (χ4n) is 2.60. The Morgan fingerprint density at radius 3 is 2.40 bits per heavy atom. The Labute approximate surface area is 121 Å². The quantitative estimate of drug-likeness (QED) is 0.710. The molecule has 2 unspecified atom stereocenters. The zero-order valence-electron chi connectivity index (χ0n) is 12.9. The lowest BCUT2D eigenvalue weighted by atomic mass is 9.85. The Morgan fingerprint density at radius 2 is 1.80 bits per heavy atom. The predicted molar refractivity (Wildman–Crippen MR) is 78.1 cm³/mol. The highest BCUT2D eigenvalue weighted by Crippen LogP contribution is 2.23. The van der Waals surface area contributed by atoms with Crippen molar-refractivity contribution in [1.29, 1.82) is 0 Å². The molecule has 1 saturated carbocycles. The Morgan fingerprint density at radius 1 is 1.15 bits per heavy atom. The second-order valence-corrected chi connectivity index (χ2v) is 6.92. The average molecular weight is 284 g/mol. The summed E-state index contributed by atoms with van der Waals surface area (Å²) in [5.74, 6) is -0.120. The van der Waals surface area contributed by atoms with E-state index in [1.165, 1.54) is 0 Å². The molecule has 20 heavy (non-hydrogen) atoms. The van der Waals surface area contributed by atoms with Crippen molar-refractivity contribution in [1.82, 2.24) is 10.6 Å². The molecule has 0 bridgehead atoms. The van der Waals surface area contributed by atoms with E-state index >= 15 is 0 Å². The van der Waals surface area contributed by atoms with Crippen LogP contribution in [0, 0.1) is 11.3 Å². The molecule has 0 spiro atoms. The van der Waals surface area contributed by atoms with Gasteiger partial charge in [-0.3, -0.25) is 9.59 Å². The summed E-state index contributed by atoms with van der Waals surface area (Å²) in [4.78, 5) is 23.5. The van der Waals surface area contributed by atoms with Crippen molar-refractivity contribution in [2.45, 2.75) is 58.9 Å². The van der Waals surface area contributed by atoms with Crippen molar-refractivity contribution in [3.8, 4) is 0 Å². The molecule has 0 aromatic heterocycles. The summed E-state index contributed by atoms with van der Waals surface area (Å²) in [5, 5.41) is 14.9. The molecule has 0 radical (unpaired) electrons. The Hall–Kier alpha value is -1.10. The number of hydrogen-bond acceptors (Lipinski definition) is 3. The van der Waals surface area contributed by atoms with Crippen molar-refractivity contribution in [2.24, 2.45) is 11.3 Å². The third-order valence-electron chi connectivity index (χ3n) is 3.63. The SMILES string of the molecule is CC(C)(C)CC(=O)NCC(=O)NC1CCCCC1CO. The topological polar surface area (TPSA) is 78.4 Å². The maximum absolute atomic E-state index is 11.8. The molecular formula is C15H28N2O3. The number of amides is 2.